The van der Waals surface area contributed by atoms with Crippen LogP contribution in [0.4, 0.5) is 5.69 Å². The number of benzene rings is 17. The van der Waals surface area contributed by atoms with E-state index < -0.39 is 0 Å². The molecule has 0 saturated heterocycles. The van der Waals surface area contributed by atoms with Crippen molar-refractivity contribution in [1.82, 2.24) is 0 Å². The molecule has 17 rings (SSSR count). The summed E-state index contributed by atoms with van der Waals surface area (Å²) in [4.78, 5) is 2.10. The van der Waals surface area contributed by atoms with Crippen molar-refractivity contribution in [3.63, 3.8) is 0 Å². The summed E-state index contributed by atoms with van der Waals surface area (Å²) in [6.45, 7) is 25.3. The van der Waals surface area contributed by atoms with Gasteiger partial charge in [0, 0.05) is 31.0 Å². The van der Waals surface area contributed by atoms with Crippen molar-refractivity contribution < 1.29 is 18.9 Å². The maximum atomic E-state index is 5.16. The van der Waals surface area contributed by atoms with Gasteiger partial charge in [0.2, 0.25) is 5.75 Å². The molecule has 6 heteroatoms. The van der Waals surface area contributed by atoms with Gasteiger partial charge in [-0.15, -0.1) is 0 Å². The highest BCUT2D eigenvalue weighted by Gasteiger charge is 2.16. The Morgan fingerprint density at radius 2 is 0.537 bits per heavy atom. The first-order valence-electron chi connectivity index (χ1n) is 42.0. The van der Waals surface area contributed by atoms with E-state index in [9.17, 15) is 0 Å². The Bertz CT molecular complexity index is 5320. The number of nitrogens with zero attached hydrogens (tertiary/aromatic N) is 1. The van der Waals surface area contributed by atoms with E-state index in [1.54, 1.807) is 28.4 Å². The maximum absolute atomic E-state index is 5.16. The fraction of sp³-hybridized carbons (Fsp3) is 0.179. The summed E-state index contributed by atoms with van der Waals surface area (Å²) in [6.07, 6.45) is 1.03. The fourth-order valence-electron chi connectivity index (χ4n) is 13.1. The monoisotopic (exact) mass is 1690 g/mol. The Morgan fingerprint density at radius 1 is 0.252 bits per heavy atom. The van der Waals surface area contributed by atoms with Gasteiger partial charge in [-0.3, -0.25) is 0 Å². The average Bonchev–Trinajstić information content (AvgIpc) is 0.771. The average molecular weight is 1690 g/mol. The molecule has 0 heterocycles. The van der Waals surface area contributed by atoms with Crippen LogP contribution in [0.5, 0.6) is 23.0 Å². The summed E-state index contributed by atoms with van der Waals surface area (Å²) in [5.74, 6) is 3.25. The Balaban J connectivity index is 0.000000188. The van der Waals surface area contributed by atoms with Gasteiger partial charge in [0.15, 0.2) is 11.5 Å². The van der Waals surface area contributed by atoms with E-state index in [1.165, 1.54) is 133 Å². The maximum Gasteiger partial charge on any atom is 0.203 e. The minimum absolute atomic E-state index is 0.309. The van der Waals surface area contributed by atoms with E-state index in [0.29, 0.717) is 23.2 Å². The fourth-order valence-corrected chi connectivity index (χ4v) is 13.5. The topological polar surface area (TPSA) is 40.2 Å². The number of ether oxygens (including phenoxy) is 4. The van der Waals surface area contributed by atoms with Crippen molar-refractivity contribution in [2.75, 3.05) is 47.4 Å². The summed E-state index contributed by atoms with van der Waals surface area (Å²) < 4.78 is 20.4. The SMILES string of the molecule is COc1cc(C)cc(OC)c1OC.COc1ccc(C)cc1.Cc1c2ccccc2c(C)c2ccccc12.Cc1ccc(C)cc1.Cc1ccc(C)cc1.Cc1ccc(CBr)cc1.Cc1ccc(N(C)C)cc1.Cc1cccc2ccccc12.Cc1ccccc1.c1ccc(C(c2ccccc2)c2ccccc2)cc1.c1ccc(Cc2ccccc2)cc1. The van der Waals surface area contributed by atoms with Crippen LogP contribution in [0.15, 0.2) is 406 Å². The van der Waals surface area contributed by atoms with Crippen LogP contribution in [0, 0.1) is 83.1 Å². The molecular weight excluding hydrogens is 1560 g/mol. The Hall–Kier alpha value is -13.0. The first-order chi connectivity index (χ1) is 59.6. The van der Waals surface area contributed by atoms with E-state index in [4.69, 9.17) is 18.9 Å². The van der Waals surface area contributed by atoms with E-state index >= 15 is 0 Å². The van der Waals surface area contributed by atoms with Crippen molar-refractivity contribution in [1.29, 1.82) is 0 Å². The predicted octanol–water partition coefficient (Wildman–Crippen LogP) is 31.5. The lowest BCUT2D eigenvalue weighted by Crippen LogP contribution is -2.07. The van der Waals surface area contributed by atoms with Crippen LogP contribution in [0.1, 0.15) is 106 Å². The second-order valence-electron chi connectivity index (χ2n) is 30.5. The molecule has 17 aromatic rings. The molecule has 0 bridgehead atoms. The molecule has 17 aromatic carbocycles. The van der Waals surface area contributed by atoms with Gasteiger partial charge in [0.1, 0.15) is 5.75 Å². The Kier molecular flexibility index (Phi) is 42.9. The molecular formula is C117H126BrNO4. The Labute approximate surface area is 745 Å². The normalized spacial score (nSPS) is 9.89. The first-order valence-corrected chi connectivity index (χ1v) is 43.1. The van der Waals surface area contributed by atoms with Gasteiger partial charge in [0.05, 0.1) is 28.4 Å². The van der Waals surface area contributed by atoms with E-state index in [0.717, 1.165) is 23.1 Å². The summed E-state index contributed by atoms with van der Waals surface area (Å²) in [7, 11) is 10.6. The lowest BCUT2D eigenvalue weighted by atomic mass is 9.85. The zero-order chi connectivity index (χ0) is 88.5. The van der Waals surface area contributed by atoms with Crippen LogP contribution < -0.4 is 23.8 Å². The number of anilines is 1. The van der Waals surface area contributed by atoms with Gasteiger partial charge in [-0.05, 0) is 214 Å². The predicted molar refractivity (Wildman–Crippen MR) is 536 cm³/mol. The number of fused-ring (bicyclic) bond motifs is 3. The van der Waals surface area contributed by atoms with Crippen molar-refractivity contribution in [2.45, 2.75) is 101 Å². The summed E-state index contributed by atoms with van der Waals surface area (Å²) >= 11 is 3.38. The van der Waals surface area contributed by atoms with E-state index in [2.05, 4.69) is 449 Å². The summed E-state index contributed by atoms with van der Waals surface area (Å²) in [6, 6.07) is 141. The molecule has 0 N–H and O–H groups in total. The highest BCUT2D eigenvalue weighted by molar-refractivity contribution is 9.08. The first kappa shape index (κ1) is 97.1. The molecule has 0 aliphatic carbocycles. The second-order valence-corrected chi connectivity index (χ2v) is 31.0. The van der Waals surface area contributed by atoms with Crippen molar-refractivity contribution in [3.8, 4) is 23.0 Å². The highest BCUT2D eigenvalue weighted by Crippen LogP contribution is 2.38. The largest absolute Gasteiger partial charge is 0.497 e. The molecule has 0 aromatic heterocycles. The quantitative estimate of drug-likeness (QED) is 0.0733. The molecule has 0 aliphatic heterocycles. The van der Waals surface area contributed by atoms with Crippen LogP contribution in [-0.4, -0.2) is 42.5 Å². The molecule has 0 spiro atoms. The molecule has 0 amide bonds. The molecule has 0 fully saturated rings. The summed E-state index contributed by atoms with van der Waals surface area (Å²) in [5.41, 5.74) is 25.1. The number of aryl methyl sites for hydroxylation is 12. The third-order valence-corrected chi connectivity index (χ3v) is 20.9. The van der Waals surface area contributed by atoms with Gasteiger partial charge in [-0.25, -0.2) is 0 Å². The smallest absolute Gasteiger partial charge is 0.203 e. The van der Waals surface area contributed by atoms with Crippen LogP contribution in [0.2, 0.25) is 0 Å². The molecule has 0 saturated carbocycles. The molecule has 0 radical (unpaired) electrons. The molecule has 123 heavy (non-hydrogen) atoms. The van der Waals surface area contributed by atoms with Gasteiger partial charge in [-0.1, -0.05) is 430 Å². The van der Waals surface area contributed by atoms with Crippen LogP contribution >= 0.6 is 15.9 Å². The van der Waals surface area contributed by atoms with Crippen LogP contribution in [0.3, 0.4) is 0 Å². The van der Waals surface area contributed by atoms with Gasteiger partial charge in [-0.2, -0.15) is 0 Å². The van der Waals surface area contributed by atoms with Crippen LogP contribution in [-0.2, 0) is 11.8 Å². The van der Waals surface area contributed by atoms with E-state index in [1.807, 2.05) is 75.6 Å². The molecule has 0 atom stereocenters. The van der Waals surface area contributed by atoms with E-state index in [-0.39, 0.29) is 0 Å². The molecule has 0 aliphatic rings. The Morgan fingerprint density at radius 3 is 0.837 bits per heavy atom. The van der Waals surface area contributed by atoms with Crippen molar-refractivity contribution in [2.24, 2.45) is 0 Å². The third kappa shape index (κ3) is 34.6. The lowest BCUT2D eigenvalue weighted by Gasteiger charge is -2.18. The van der Waals surface area contributed by atoms with Gasteiger partial charge >= 0.3 is 0 Å². The number of alkyl halides is 1. The van der Waals surface area contributed by atoms with Crippen molar-refractivity contribution >= 4 is 53.9 Å². The number of hydrogen-bond donors (Lipinski definition) is 0. The number of halogens is 1. The second kappa shape index (κ2) is 54.3. The van der Waals surface area contributed by atoms with Crippen molar-refractivity contribution in [3.05, 3.63) is 507 Å². The van der Waals surface area contributed by atoms with Crippen LogP contribution in [0.25, 0.3) is 32.3 Å². The number of hydrogen-bond acceptors (Lipinski definition) is 5. The zero-order valence-corrected chi connectivity index (χ0v) is 77.2. The molecule has 0 unspecified atom stereocenters. The minimum atomic E-state index is 0.309. The molecule has 5 nitrogen and oxygen atoms in total. The highest BCUT2D eigenvalue weighted by atomic mass is 79.9. The lowest BCUT2D eigenvalue weighted by molar-refractivity contribution is 0.324. The number of rotatable bonds is 11. The van der Waals surface area contributed by atoms with Gasteiger partial charge in [0.25, 0.3) is 0 Å². The summed E-state index contributed by atoms with van der Waals surface area (Å²) in [5, 5.41) is 9.13. The standard InChI is InChI=1S/C19H16.C16H14.C13H12.C11H10.C10H14O3.C9H13N.C8H9Br.C8H10O.2C8H10.C7H8/c1-4-10-16(11-5-1)19(17-12-6-2-7-13-17)18-14-8-3-9-15-18;1-11-13-7-3-5-9-15(13)12(2)16-10-6-4-8-14(11)16;1-3-7-12(8-4-1)11-13-9-5-2-6-10-13;1-9-5-4-7-10-6-2-3-8-11(9)10;1-7-5-8(11-2)10(13-4)9(6-7)12-3;1-8-4-6-9(7-5-8)10(2)3;1-7-2-4-8(6-9)5-3-7;1-7-3-5-8(9-2)6-4-7;2*1-7-3-5-8(2)6-4-7;1-7-5-3-2-4-6-7/h1-15,19H;3-10H,1-2H3;1-10H,11H2;2-8H,1H3;5-6H,1-4H3;4-7H,1-3H3;2-5H,6H2,1H3;3-6H,1-2H3;2*3-6H,1-2H3;2-6H,1H3. The number of methoxy groups -OCH3 is 4. The third-order valence-electron chi connectivity index (χ3n) is 20.2. The van der Waals surface area contributed by atoms with Gasteiger partial charge < -0.3 is 23.8 Å². The zero-order valence-electron chi connectivity index (χ0n) is 75.6. The molecule has 630 valence electrons. The minimum Gasteiger partial charge on any atom is -0.497 e.